The van der Waals surface area contributed by atoms with Crippen LogP contribution in [0.3, 0.4) is 0 Å². The highest BCUT2D eigenvalue weighted by molar-refractivity contribution is 8.00. The van der Waals surface area contributed by atoms with Crippen molar-refractivity contribution >= 4 is 39.7 Å². The van der Waals surface area contributed by atoms with E-state index in [9.17, 15) is 4.79 Å². The molecule has 0 aromatic carbocycles. The molecule has 0 aliphatic carbocycles. The molecule has 7 heteroatoms. The number of aromatic nitrogens is 1. The van der Waals surface area contributed by atoms with Crippen LogP contribution in [0, 0.1) is 11.3 Å². The minimum absolute atomic E-state index is 0.167. The number of nitrogens with zero attached hydrogens (tertiary/aromatic N) is 2. The predicted molar refractivity (Wildman–Crippen MR) is 77.0 cm³/mol. The smallest absolute Gasteiger partial charge is 0.235 e. The molecule has 0 unspecified atom stereocenters. The average Bonchev–Trinajstić information content (AvgIpc) is 2.85. The number of nitrogens with one attached hydrogen (secondary N) is 1. The van der Waals surface area contributed by atoms with Gasteiger partial charge in [-0.25, -0.2) is 0 Å². The van der Waals surface area contributed by atoms with Crippen molar-refractivity contribution in [1.82, 2.24) is 4.98 Å². The second kappa shape index (κ2) is 6.22. The van der Waals surface area contributed by atoms with Crippen LogP contribution in [0.2, 0.25) is 0 Å². The largest absolute Gasteiger partial charge is 0.397 e. The zero-order chi connectivity index (χ0) is 13.7. The summed E-state index contributed by atoms with van der Waals surface area (Å²) in [5.41, 5.74) is 6.76. The van der Waals surface area contributed by atoms with Gasteiger partial charge in [0.05, 0.1) is 23.2 Å². The first-order valence-electron chi connectivity index (χ1n) is 5.30. The molecule has 0 spiro atoms. The van der Waals surface area contributed by atoms with Gasteiger partial charge in [0.1, 0.15) is 11.1 Å². The summed E-state index contributed by atoms with van der Waals surface area (Å²) < 4.78 is 0. The predicted octanol–water partition coefficient (Wildman–Crippen LogP) is 2.33. The minimum atomic E-state index is -0.167. The number of nitriles is 1. The van der Waals surface area contributed by atoms with Gasteiger partial charge in [0.25, 0.3) is 0 Å². The van der Waals surface area contributed by atoms with Gasteiger partial charge >= 0.3 is 0 Å². The van der Waals surface area contributed by atoms with Crippen molar-refractivity contribution < 1.29 is 4.79 Å². The van der Waals surface area contributed by atoms with Crippen molar-refractivity contribution in [2.75, 3.05) is 16.8 Å². The SMILES string of the molecule is N#Cc1ccsc1NC(=O)CSc1ccncc1N. The third-order valence-electron chi connectivity index (χ3n) is 2.21. The van der Waals surface area contributed by atoms with E-state index in [4.69, 9.17) is 11.0 Å². The van der Waals surface area contributed by atoms with E-state index < -0.39 is 0 Å². The fourth-order valence-electron chi connectivity index (χ4n) is 1.33. The molecule has 2 aromatic heterocycles. The van der Waals surface area contributed by atoms with Crippen molar-refractivity contribution in [3.63, 3.8) is 0 Å². The number of carbonyl (C=O) groups excluding carboxylic acids is 1. The number of hydrogen-bond donors (Lipinski definition) is 2. The maximum Gasteiger partial charge on any atom is 0.235 e. The number of amides is 1. The Morgan fingerprint density at radius 3 is 3.16 bits per heavy atom. The standard InChI is InChI=1S/C12H10N4OS2/c13-5-8-2-4-18-12(8)16-11(17)7-19-10-1-3-15-6-9(10)14/h1-4,6H,7,14H2,(H,16,17). The molecule has 0 aliphatic heterocycles. The highest BCUT2D eigenvalue weighted by Gasteiger charge is 2.09. The Balaban J connectivity index is 1.93. The lowest BCUT2D eigenvalue weighted by molar-refractivity contribution is -0.113. The molecule has 19 heavy (non-hydrogen) atoms. The Morgan fingerprint density at radius 1 is 1.58 bits per heavy atom. The van der Waals surface area contributed by atoms with Gasteiger partial charge in [-0.2, -0.15) is 5.26 Å². The van der Waals surface area contributed by atoms with E-state index in [1.807, 2.05) is 6.07 Å². The number of pyridine rings is 1. The normalized spacial score (nSPS) is 9.84. The highest BCUT2D eigenvalue weighted by atomic mass is 32.2. The Kier molecular flexibility index (Phi) is 4.39. The summed E-state index contributed by atoms with van der Waals surface area (Å²) in [5, 5.41) is 13.9. The zero-order valence-corrected chi connectivity index (χ0v) is 11.4. The maximum atomic E-state index is 11.8. The molecule has 2 rings (SSSR count). The van der Waals surface area contributed by atoms with Gasteiger partial charge in [0.15, 0.2) is 0 Å². The van der Waals surface area contributed by atoms with Crippen LogP contribution in [0.1, 0.15) is 5.56 Å². The number of rotatable bonds is 4. The summed E-state index contributed by atoms with van der Waals surface area (Å²) in [6.07, 6.45) is 3.18. The van der Waals surface area contributed by atoms with Gasteiger partial charge in [-0.1, -0.05) is 0 Å². The first-order valence-corrected chi connectivity index (χ1v) is 7.17. The van der Waals surface area contributed by atoms with E-state index in [-0.39, 0.29) is 11.7 Å². The van der Waals surface area contributed by atoms with Crippen LogP contribution in [-0.4, -0.2) is 16.6 Å². The number of thiophene rings is 1. The lowest BCUT2D eigenvalue weighted by Gasteiger charge is -2.05. The minimum Gasteiger partial charge on any atom is -0.397 e. The fraction of sp³-hybridized carbons (Fsp3) is 0.0833. The van der Waals surface area contributed by atoms with Gasteiger partial charge in [-0.15, -0.1) is 23.1 Å². The zero-order valence-electron chi connectivity index (χ0n) is 9.79. The van der Waals surface area contributed by atoms with Crippen LogP contribution < -0.4 is 11.1 Å². The van der Waals surface area contributed by atoms with E-state index in [1.165, 1.54) is 23.1 Å². The second-order valence-electron chi connectivity index (χ2n) is 3.53. The molecule has 96 valence electrons. The summed E-state index contributed by atoms with van der Waals surface area (Å²) >= 11 is 2.66. The van der Waals surface area contributed by atoms with E-state index in [0.29, 0.717) is 16.3 Å². The Bertz CT molecular complexity index is 633. The Labute approximate surface area is 118 Å². The third kappa shape index (κ3) is 3.47. The second-order valence-corrected chi connectivity index (χ2v) is 5.46. The highest BCUT2D eigenvalue weighted by Crippen LogP contribution is 2.25. The Morgan fingerprint density at radius 2 is 2.42 bits per heavy atom. The van der Waals surface area contributed by atoms with Crippen molar-refractivity contribution in [2.45, 2.75) is 4.90 Å². The van der Waals surface area contributed by atoms with Gasteiger partial charge < -0.3 is 11.1 Å². The quantitative estimate of drug-likeness (QED) is 0.843. The molecule has 3 N–H and O–H groups in total. The molecule has 5 nitrogen and oxygen atoms in total. The van der Waals surface area contributed by atoms with Crippen molar-refractivity contribution in [3.05, 3.63) is 35.5 Å². The van der Waals surface area contributed by atoms with Gasteiger partial charge in [-0.3, -0.25) is 9.78 Å². The van der Waals surface area contributed by atoms with Crippen LogP contribution in [-0.2, 0) is 4.79 Å². The number of thioether (sulfide) groups is 1. The molecule has 0 aliphatic rings. The van der Waals surface area contributed by atoms with Crippen LogP contribution in [0.25, 0.3) is 0 Å². The lowest BCUT2D eigenvalue weighted by Crippen LogP contribution is -2.13. The summed E-state index contributed by atoms with van der Waals surface area (Å²) in [4.78, 5) is 16.5. The molecule has 0 bridgehead atoms. The molecule has 2 heterocycles. The van der Waals surface area contributed by atoms with Crippen LogP contribution >= 0.6 is 23.1 Å². The van der Waals surface area contributed by atoms with Crippen molar-refractivity contribution in [1.29, 1.82) is 5.26 Å². The van der Waals surface area contributed by atoms with E-state index in [1.54, 1.807) is 29.9 Å². The van der Waals surface area contributed by atoms with E-state index >= 15 is 0 Å². The number of anilines is 2. The summed E-state index contributed by atoms with van der Waals surface area (Å²) in [5.74, 6) is 0.0666. The molecule has 0 saturated heterocycles. The summed E-state index contributed by atoms with van der Waals surface area (Å²) in [6.45, 7) is 0. The monoisotopic (exact) mass is 290 g/mol. The van der Waals surface area contributed by atoms with E-state index in [0.717, 1.165) is 4.90 Å². The molecule has 0 radical (unpaired) electrons. The third-order valence-corrected chi connectivity index (χ3v) is 4.13. The van der Waals surface area contributed by atoms with Gasteiger partial charge in [-0.05, 0) is 17.5 Å². The van der Waals surface area contributed by atoms with Crippen LogP contribution in [0.5, 0.6) is 0 Å². The van der Waals surface area contributed by atoms with Gasteiger partial charge in [0, 0.05) is 11.1 Å². The van der Waals surface area contributed by atoms with Crippen molar-refractivity contribution in [3.8, 4) is 6.07 Å². The number of hydrogen-bond acceptors (Lipinski definition) is 6. The average molecular weight is 290 g/mol. The number of nitrogens with two attached hydrogens (primary N) is 1. The van der Waals surface area contributed by atoms with Crippen molar-refractivity contribution in [2.24, 2.45) is 0 Å². The molecule has 0 atom stereocenters. The van der Waals surface area contributed by atoms with Gasteiger partial charge in [0.2, 0.25) is 5.91 Å². The molecule has 1 amide bonds. The first-order chi connectivity index (χ1) is 9.20. The molecule has 2 aromatic rings. The molecular formula is C12H10N4OS2. The molecule has 0 fully saturated rings. The lowest BCUT2D eigenvalue weighted by atomic mass is 10.3. The van der Waals surface area contributed by atoms with Crippen LogP contribution in [0.4, 0.5) is 10.7 Å². The van der Waals surface area contributed by atoms with Crippen LogP contribution in [0.15, 0.2) is 34.8 Å². The number of carbonyl (C=O) groups is 1. The summed E-state index contributed by atoms with van der Waals surface area (Å²) in [6, 6.07) is 5.46. The first kappa shape index (κ1) is 13.4. The fourth-order valence-corrected chi connectivity index (χ4v) is 2.81. The molecular weight excluding hydrogens is 280 g/mol. The summed E-state index contributed by atoms with van der Waals surface area (Å²) in [7, 11) is 0. The molecule has 0 saturated carbocycles. The topological polar surface area (TPSA) is 91.8 Å². The Hall–Kier alpha value is -2.04. The maximum absolute atomic E-state index is 11.8. The van der Waals surface area contributed by atoms with E-state index in [2.05, 4.69) is 10.3 Å². The number of nitrogen functional groups attached to an aromatic ring is 1.